The first-order valence-corrected chi connectivity index (χ1v) is 24.3. The summed E-state index contributed by atoms with van der Waals surface area (Å²) in [6.45, 7) is 4.21. The van der Waals surface area contributed by atoms with E-state index < -0.39 is 38.6 Å². The molecule has 0 heterocycles. The van der Waals surface area contributed by atoms with Gasteiger partial charge in [0, 0.05) is 12.8 Å². The summed E-state index contributed by atoms with van der Waals surface area (Å²) >= 11 is 0. The fraction of sp³-hybridized carbons (Fsp3) is 0.826. The highest BCUT2D eigenvalue weighted by atomic mass is 31.2. The standard InChI is InChI=1S/C46H86NO9P/c1-6-8-10-12-14-16-18-20-21-23-25-27-29-31-33-37-46(50)56-44(42-55-57(51,52)54-40-39-47(3,4)5)41-53-45(49)38-34-36-43(48)35-32-30-28-26-24-22-19-17-15-13-11-9-7-2/h22,24,28,30,32,35,43-44,48H,6-21,23,25-27,29,31,33-34,36-42H2,1-5H3/p+1/b24-22+,30-28+,35-32+/t43?,44-/m1/s1. The number of carbonyl (C=O) groups is 2. The molecule has 0 saturated heterocycles. The topological polar surface area (TPSA) is 129 Å². The van der Waals surface area contributed by atoms with Crippen LogP contribution in [0.4, 0.5) is 0 Å². The Bertz CT molecular complexity index is 1090. The molecule has 0 aromatic carbocycles. The van der Waals surface area contributed by atoms with Gasteiger partial charge in [-0.25, -0.2) is 4.57 Å². The molecule has 334 valence electrons. The van der Waals surface area contributed by atoms with Gasteiger partial charge in [0.2, 0.25) is 0 Å². The number of hydrogen-bond acceptors (Lipinski definition) is 8. The van der Waals surface area contributed by atoms with Gasteiger partial charge in [0.25, 0.3) is 0 Å². The van der Waals surface area contributed by atoms with Crippen LogP contribution in [0.5, 0.6) is 0 Å². The Morgan fingerprint density at radius 2 is 1.16 bits per heavy atom. The highest BCUT2D eigenvalue weighted by molar-refractivity contribution is 7.47. The van der Waals surface area contributed by atoms with Gasteiger partial charge in [0.1, 0.15) is 19.8 Å². The predicted octanol–water partition coefficient (Wildman–Crippen LogP) is 11.9. The summed E-state index contributed by atoms with van der Waals surface area (Å²) in [5.74, 6) is -0.991. The Kier molecular flexibility index (Phi) is 37.2. The van der Waals surface area contributed by atoms with Crippen LogP contribution < -0.4 is 0 Å². The fourth-order valence-electron chi connectivity index (χ4n) is 6.14. The number of nitrogens with zero attached hydrogens (tertiary/aromatic N) is 1. The third-order valence-electron chi connectivity index (χ3n) is 9.78. The van der Waals surface area contributed by atoms with E-state index in [1.54, 1.807) is 6.08 Å². The number of quaternary nitrogens is 1. The lowest BCUT2D eigenvalue weighted by Crippen LogP contribution is -2.37. The van der Waals surface area contributed by atoms with Gasteiger partial charge < -0.3 is 24.0 Å². The molecule has 0 fully saturated rings. The predicted molar refractivity (Wildman–Crippen MR) is 235 cm³/mol. The van der Waals surface area contributed by atoms with Crippen molar-refractivity contribution < 1.29 is 47.2 Å². The fourth-order valence-corrected chi connectivity index (χ4v) is 6.88. The highest BCUT2D eigenvalue weighted by Gasteiger charge is 2.27. The second-order valence-corrected chi connectivity index (χ2v) is 18.1. The molecule has 0 radical (unpaired) electrons. The van der Waals surface area contributed by atoms with Crippen LogP contribution in [-0.4, -0.2) is 86.1 Å². The normalized spacial score (nSPS) is 14.4. The van der Waals surface area contributed by atoms with Gasteiger partial charge in [-0.2, -0.15) is 0 Å². The van der Waals surface area contributed by atoms with Crippen molar-refractivity contribution in [3.63, 3.8) is 0 Å². The number of ether oxygens (including phenoxy) is 2. The van der Waals surface area contributed by atoms with Crippen LogP contribution in [0.15, 0.2) is 36.5 Å². The second-order valence-electron chi connectivity index (χ2n) is 16.6. The molecule has 0 rings (SSSR count). The van der Waals surface area contributed by atoms with E-state index in [4.69, 9.17) is 18.5 Å². The molecule has 11 heteroatoms. The first-order chi connectivity index (χ1) is 27.4. The molecule has 3 atom stereocenters. The molecule has 57 heavy (non-hydrogen) atoms. The maximum atomic E-state index is 12.7. The van der Waals surface area contributed by atoms with Gasteiger partial charge in [0.15, 0.2) is 6.10 Å². The smallest absolute Gasteiger partial charge is 0.462 e. The first kappa shape index (κ1) is 55.2. The number of hydrogen-bond donors (Lipinski definition) is 2. The maximum Gasteiger partial charge on any atom is 0.472 e. The van der Waals surface area contributed by atoms with Crippen molar-refractivity contribution in [1.82, 2.24) is 0 Å². The maximum absolute atomic E-state index is 12.7. The average molecular weight is 829 g/mol. The monoisotopic (exact) mass is 829 g/mol. The molecular weight excluding hydrogens is 741 g/mol. The minimum Gasteiger partial charge on any atom is -0.462 e. The molecule has 0 aliphatic heterocycles. The third-order valence-corrected chi connectivity index (χ3v) is 10.8. The minimum atomic E-state index is -4.42. The summed E-state index contributed by atoms with van der Waals surface area (Å²) in [6.07, 6.45) is 39.4. The summed E-state index contributed by atoms with van der Waals surface area (Å²) in [7, 11) is 1.38. The molecule has 2 N–H and O–H groups in total. The van der Waals surface area contributed by atoms with Gasteiger partial charge in [0.05, 0.1) is 33.9 Å². The van der Waals surface area contributed by atoms with Gasteiger partial charge >= 0.3 is 19.8 Å². The Morgan fingerprint density at radius 3 is 1.72 bits per heavy atom. The molecule has 2 unspecified atom stereocenters. The Balaban J connectivity index is 4.51. The van der Waals surface area contributed by atoms with Crippen molar-refractivity contribution in [2.24, 2.45) is 0 Å². The average Bonchev–Trinajstić information content (AvgIpc) is 3.15. The first-order valence-electron chi connectivity index (χ1n) is 22.8. The lowest BCUT2D eigenvalue weighted by molar-refractivity contribution is -0.870. The number of phosphoric acid groups is 1. The molecule has 0 aliphatic rings. The van der Waals surface area contributed by atoms with Crippen LogP contribution >= 0.6 is 7.82 Å². The van der Waals surface area contributed by atoms with Gasteiger partial charge in [-0.05, 0) is 38.5 Å². The minimum absolute atomic E-state index is 0.00391. The van der Waals surface area contributed by atoms with Crippen LogP contribution in [0.3, 0.4) is 0 Å². The van der Waals surface area contributed by atoms with E-state index in [9.17, 15) is 24.2 Å². The second kappa shape index (κ2) is 38.4. The molecule has 0 saturated carbocycles. The van der Waals surface area contributed by atoms with Crippen molar-refractivity contribution in [2.45, 2.75) is 199 Å². The molecule has 0 aliphatic carbocycles. The molecule has 0 aromatic heterocycles. The number of unbranched alkanes of at least 4 members (excludes halogenated alkanes) is 20. The zero-order chi connectivity index (χ0) is 42.3. The van der Waals surface area contributed by atoms with Gasteiger partial charge in [-0.15, -0.1) is 0 Å². The summed E-state index contributed by atoms with van der Waals surface area (Å²) in [5.41, 5.74) is 0. The molecule has 0 bridgehead atoms. The van der Waals surface area contributed by atoms with Crippen molar-refractivity contribution in [2.75, 3.05) is 47.5 Å². The van der Waals surface area contributed by atoms with E-state index in [1.807, 2.05) is 39.4 Å². The number of aliphatic hydroxyl groups is 1. The van der Waals surface area contributed by atoms with Gasteiger partial charge in [-0.1, -0.05) is 172 Å². The Labute approximate surface area is 349 Å². The van der Waals surface area contributed by atoms with Gasteiger partial charge in [-0.3, -0.25) is 18.6 Å². The lowest BCUT2D eigenvalue weighted by atomic mass is 10.0. The van der Waals surface area contributed by atoms with E-state index in [0.717, 1.165) is 32.1 Å². The molecular formula is C46H87NO9P+. The molecule has 0 spiro atoms. The lowest BCUT2D eigenvalue weighted by Gasteiger charge is -2.24. The number of phosphoric ester groups is 1. The highest BCUT2D eigenvalue weighted by Crippen LogP contribution is 2.43. The summed E-state index contributed by atoms with van der Waals surface area (Å²) in [6, 6.07) is 0. The number of allylic oxidation sites excluding steroid dienone is 5. The van der Waals surface area contributed by atoms with Crippen LogP contribution in [0.25, 0.3) is 0 Å². The number of carbonyl (C=O) groups excluding carboxylic acids is 2. The molecule has 0 aromatic rings. The summed E-state index contributed by atoms with van der Waals surface area (Å²) in [5, 5.41) is 10.3. The number of esters is 2. The van der Waals surface area contributed by atoms with E-state index in [1.165, 1.54) is 109 Å². The molecule has 0 amide bonds. The van der Waals surface area contributed by atoms with E-state index >= 15 is 0 Å². The third kappa shape index (κ3) is 42.1. The van der Waals surface area contributed by atoms with Crippen molar-refractivity contribution >= 4 is 19.8 Å². The quantitative estimate of drug-likeness (QED) is 0.0154. The number of rotatable bonds is 41. The Hall–Kier alpha value is -1.81. The zero-order valence-corrected chi connectivity index (χ0v) is 38.1. The van der Waals surface area contributed by atoms with Crippen molar-refractivity contribution in [1.29, 1.82) is 0 Å². The zero-order valence-electron chi connectivity index (χ0n) is 37.2. The number of aliphatic hydroxyl groups excluding tert-OH is 1. The van der Waals surface area contributed by atoms with Crippen LogP contribution in [0.1, 0.15) is 187 Å². The van der Waals surface area contributed by atoms with Crippen molar-refractivity contribution in [3.8, 4) is 0 Å². The molecule has 10 nitrogen and oxygen atoms in total. The van der Waals surface area contributed by atoms with Crippen LogP contribution in [-0.2, 0) is 32.7 Å². The van der Waals surface area contributed by atoms with Crippen LogP contribution in [0.2, 0.25) is 0 Å². The summed E-state index contributed by atoms with van der Waals surface area (Å²) in [4.78, 5) is 35.4. The van der Waals surface area contributed by atoms with E-state index in [-0.39, 0.29) is 26.1 Å². The SMILES string of the molecule is CCCCCCCC/C=C/C/C=C/C=C/C(O)CCCC(=O)OC[C@H](COP(=O)(O)OCC[N+](C)(C)C)OC(=O)CCCCCCCCCCCCCCCCC. The van der Waals surface area contributed by atoms with Crippen molar-refractivity contribution in [3.05, 3.63) is 36.5 Å². The Morgan fingerprint density at radius 1 is 0.632 bits per heavy atom. The van der Waals surface area contributed by atoms with E-state index in [2.05, 4.69) is 26.0 Å². The summed E-state index contributed by atoms with van der Waals surface area (Å²) < 4.78 is 34.2. The largest absolute Gasteiger partial charge is 0.472 e. The van der Waals surface area contributed by atoms with Crippen LogP contribution in [0, 0.1) is 0 Å². The number of likely N-dealkylation sites (N-methyl/N-ethyl adjacent to an activating group) is 1. The van der Waals surface area contributed by atoms with E-state index in [0.29, 0.717) is 30.3 Å².